The van der Waals surface area contributed by atoms with E-state index in [0.717, 1.165) is 22.3 Å². The normalized spacial score (nSPS) is 37.8. The Bertz CT molecular complexity index is 937. The molecule has 0 N–H and O–H groups in total. The van der Waals surface area contributed by atoms with Gasteiger partial charge in [0.1, 0.15) is 6.10 Å². The molecule has 6 atom stereocenters. The first-order valence-corrected chi connectivity index (χ1v) is 9.62. The molecular weight excluding hydrogens is 376 g/mol. The lowest BCUT2D eigenvalue weighted by molar-refractivity contribution is -0.171. The molecule has 0 saturated carbocycles. The number of hydrogen-bond donors (Lipinski definition) is 0. The van der Waals surface area contributed by atoms with E-state index in [9.17, 15) is 14.4 Å². The first-order chi connectivity index (χ1) is 13.6. The van der Waals surface area contributed by atoms with Crippen LogP contribution in [0.4, 0.5) is 0 Å². The Hall–Kier alpha value is -2.67. The Labute approximate surface area is 169 Å². The minimum absolute atomic E-state index is 0.200. The third-order valence-corrected chi connectivity index (χ3v) is 6.31. The Morgan fingerprint density at radius 3 is 2.45 bits per heavy atom. The fraction of sp³-hybridized carbons (Fsp3) is 0.500. The number of esters is 3. The van der Waals surface area contributed by atoms with Crippen molar-refractivity contribution in [2.45, 2.75) is 64.6 Å². The smallest absolute Gasteiger partial charge is 0.341 e. The van der Waals surface area contributed by atoms with Gasteiger partial charge in [-0.2, -0.15) is 0 Å². The van der Waals surface area contributed by atoms with Crippen LogP contribution in [0.3, 0.4) is 0 Å². The predicted octanol–water partition coefficient (Wildman–Crippen LogP) is 2.32. The van der Waals surface area contributed by atoms with E-state index in [1.54, 1.807) is 13.8 Å². The average molecular weight is 400 g/mol. The number of allylic oxidation sites excluding steroid dienone is 3. The van der Waals surface area contributed by atoms with Crippen molar-refractivity contribution in [1.29, 1.82) is 0 Å². The van der Waals surface area contributed by atoms with Gasteiger partial charge in [0.15, 0.2) is 17.8 Å². The second kappa shape index (κ2) is 6.42. The van der Waals surface area contributed by atoms with Crippen LogP contribution in [0.5, 0.6) is 0 Å². The van der Waals surface area contributed by atoms with Crippen molar-refractivity contribution in [3.05, 3.63) is 46.6 Å². The molecule has 0 amide bonds. The molecule has 0 aromatic heterocycles. The van der Waals surface area contributed by atoms with Gasteiger partial charge in [0.2, 0.25) is 0 Å². The van der Waals surface area contributed by atoms with E-state index in [1.807, 2.05) is 26.0 Å². The molecule has 0 aromatic carbocycles. The van der Waals surface area contributed by atoms with Gasteiger partial charge in [0, 0.05) is 18.1 Å². The van der Waals surface area contributed by atoms with Crippen LogP contribution in [-0.2, 0) is 33.3 Å². The van der Waals surface area contributed by atoms with Crippen LogP contribution in [-0.4, -0.2) is 47.9 Å². The minimum atomic E-state index is -1.03. The van der Waals surface area contributed by atoms with E-state index >= 15 is 0 Å². The van der Waals surface area contributed by atoms with Gasteiger partial charge in [-0.25, -0.2) is 9.59 Å². The Kier molecular flexibility index (Phi) is 4.35. The zero-order chi connectivity index (χ0) is 21.2. The van der Waals surface area contributed by atoms with Crippen molar-refractivity contribution in [2.24, 2.45) is 5.92 Å². The van der Waals surface area contributed by atoms with Gasteiger partial charge in [0.05, 0.1) is 12.0 Å². The van der Waals surface area contributed by atoms with E-state index < -0.39 is 47.7 Å². The van der Waals surface area contributed by atoms with Gasteiger partial charge in [-0.3, -0.25) is 4.79 Å². The molecule has 154 valence electrons. The third-order valence-electron chi connectivity index (χ3n) is 6.31. The lowest BCUT2D eigenvalue weighted by atomic mass is 9.85. The molecule has 0 spiro atoms. The van der Waals surface area contributed by atoms with Gasteiger partial charge in [-0.05, 0) is 44.4 Å². The van der Waals surface area contributed by atoms with Crippen molar-refractivity contribution in [3.63, 3.8) is 0 Å². The maximum absolute atomic E-state index is 12.8. The zero-order valence-corrected chi connectivity index (χ0v) is 17.1. The molecule has 4 aliphatic rings. The van der Waals surface area contributed by atoms with Gasteiger partial charge in [-0.15, -0.1) is 0 Å². The number of ether oxygens (including phenoxy) is 4. The molecule has 4 rings (SSSR count). The molecule has 0 radical (unpaired) electrons. The summed E-state index contributed by atoms with van der Waals surface area (Å²) in [6.45, 7) is 12.4. The predicted molar refractivity (Wildman–Crippen MR) is 101 cm³/mol. The highest BCUT2D eigenvalue weighted by molar-refractivity contribution is 5.92. The second-order valence-electron chi connectivity index (χ2n) is 8.17. The van der Waals surface area contributed by atoms with Crippen LogP contribution in [0.2, 0.25) is 0 Å². The first-order valence-electron chi connectivity index (χ1n) is 9.62. The maximum Gasteiger partial charge on any atom is 0.341 e. The van der Waals surface area contributed by atoms with Gasteiger partial charge in [-0.1, -0.05) is 18.7 Å². The summed E-state index contributed by atoms with van der Waals surface area (Å²) >= 11 is 0. The van der Waals surface area contributed by atoms with E-state index in [0.29, 0.717) is 0 Å². The van der Waals surface area contributed by atoms with E-state index in [2.05, 4.69) is 6.58 Å². The van der Waals surface area contributed by atoms with Gasteiger partial charge < -0.3 is 18.9 Å². The third kappa shape index (κ3) is 2.87. The van der Waals surface area contributed by atoms with E-state index in [4.69, 9.17) is 18.9 Å². The minimum Gasteiger partial charge on any atom is -0.457 e. The highest BCUT2D eigenvalue weighted by atomic mass is 16.7. The van der Waals surface area contributed by atoms with Crippen molar-refractivity contribution >= 4 is 17.9 Å². The Balaban J connectivity index is 1.83. The SMILES string of the molecule is C=C1C(=O)O[C@@H]2C3=C(C)C=CC3=C(C)[C@@H](OC(=O)[C@@]3(C)O[C@@H]3C)[C@H](OC(C)=O)[C@@H]12. The highest BCUT2D eigenvalue weighted by Gasteiger charge is 2.60. The zero-order valence-electron chi connectivity index (χ0n) is 17.1. The number of carbonyl (C=O) groups is 3. The van der Waals surface area contributed by atoms with Crippen molar-refractivity contribution < 1.29 is 33.3 Å². The molecule has 0 aromatic rings. The Morgan fingerprint density at radius 1 is 1.21 bits per heavy atom. The molecule has 29 heavy (non-hydrogen) atoms. The van der Waals surface area contributed by atoms with E-state index in [1.165, 1.54) is 6.92 Å². The highest BCUT2D eigenvalue weighted by Crippen LogP contribution is 2.48. The maximum atomic E-state index is 12.8. The molecule has 0 unspecified atom stereocenters. The topological polar surface area (TPSA) is 91.4 Å². The van der Waals surface area contributed by atoms with Crippen LogP contribution < -0.4 is 0 Å². The van der Waals surface area contributed by atoms with Gasteiger partial charge >= 0.3 is 17.9 Å². The summed E-state index contributed by atoms with van der Waals surface area (Å²) in [5, 5.41) is 0. The average Bonchev–Trinajstić information content (AvgIpc) is 2.97. The summed E-state index contributed by atoms with van der Waals surface area (Å²) < 4.78 is 22.5. The second-order valence-corrected chi connectivity index (χ2v) is 8.17. The Morgan fingerprint density at radius 2 is 1.86 bits per heavy atom. The lowest BCUT2D eigenvalue weighted by Crippen LogP contribution is -2.45. The quantitative estimate of drug-likeness (QED) is 0.311. The summed E-state index contributed by atoms with van der Waals surface area (Å²) in [5.74, 6) is -2.28. The summed E-state index contributed by atoms with van der Waals surface area (Å²) in [5.41, 5.74) is 2.49. The lowest BCUT2D eigenvalue weighted by Gasteiger charge is -2.31. The number of epoxide rings is 1. The molecule has 0 bridgehead atoms. The van der Waals surface area contributed by atoms with Crippen molar-refractivity contribution in [1.82, 2.24) is 0 Å². The fourth-order valence-corrected chi connectivity index (χ4v) is 4.36. The van der Waals surface area contributed by atoms with Crippen LogP contribution >= 0.6 is 0 Å². The molecule has 2 saturated heterocycles. The number of carbonyl (C=O) groups excluding carboxylic acids is 3. The fourth-order valence-electron chi connectivity index (χ4n) is 4.36. The monoisotopic (exact) mass is 400 g/mol. The van der Waals surface area contributed by atoms with Crippen LogP contribution in [0.15, 0.2) is 46.6 Å². The van der Waals surface area contributed by atoms with Crippen LogP contribution in [0, 0.1) is 5.92 Å². The molecule has 2 heterocycles. The molecule has 2 aliphatic carbocycles. The number of hydrogen-bond acceptors (Lipinski definition) is 7. The summed E-state index contributed by atoms with van der Waals surface area (Å²) in [6, 6.07) is 0. The van der Waals surface area contributed by atoms with Crippen molar-refractivity contribution in [2.75, 3.05) is 0 Å². The summed E-state index contributed by atoms with van der Waals surface area (Å²) in [4.78, 5) is 37.1. The number of fused-ring (bicyclic) bond motifs is 3. The number of rotatable bonds is 3. The first kappa shape index (κ1) is 19.6. The molecule has 2 aliphatic heterocycles. The molecule has 7 nitrogen and oxygen atoms in total. The van der Waals surface area contributed by atoms with Crippen molar-refractivity contribution in [3.8, 4) is 0 Å². The molecule has 2 fully saturated rings. The van der Waals surface area contributed by atoms with Gasteiger partial charge in [0.25, 0.3) is 0 Å². The largest absolute Gasteiger partial charge is 0.457 e. The summed E-state index contributed by atoms with van der Waals surface area (Å²) in [7, 11) is 0. The molecule has 7 heteroatoms. The van der Waals surface area contributed by atoms with Crippen LogP contribution in [0.1, 0.15) is 34.6 Å². The van der Waals surface area contributed by atoms with E-state index in [-0.39, 0.29) is 11.7 Å². The standard InChI is InChI=1S/C22H24O7/c1-9-7-8-14-10(2)17(28-21(25)22(6)12(4)29-22)19(26-13(5)23)16-11(3)20(24)27-18(16)15(9)14/h7-8,12,16-19H,3H2,1-2,4-6H3/t12-,16+,17-,18-,19-,22+/m1/s1. The molecular formula is C22H24O7. The van der Waals surface area contributed by atoms with Crippen LogP contribution in [0.25, 0.3) is 0 Å². The summed E-state index contributed by atoms with van der Waals surface area (Å²) in [6.07, 6.45) is 1.07.